The van der Waals surface area contributed by atoms with Crippen LogP contribution in [0.1, 0.15) is 12.0 Å². The molecule has 0 fully saturated rings. The molecule has 9 heteroatoms. The van der Waals surface area contributed by atoms with Crippen LogP contribution in [-0.4, -0.2) is 27.7 Å². The molecule has 4 nitrogen and oxygen atoms in total. The largest absolute Gasteiger partial charge is 0.438 e. The van der Waals surface area contributed by atoms with Crippen molar-refractivity contribution in [3.63, 3.8) is 0 Å². The first-order chi connectivity index (χ1) is 13.3. The van der Waals surface area contributed by atoms with E-state index in [1.165, 1.54) is 0 Å². The lowest BCUT2D eigenvalue weighted by atomic mass is 10.0. The van der Waals surface area contributed by atoms with Crippen LogP contribution in [0.25, 0.3) is 11.3 Å². The van der Waals surface area contributed by atoms with Crippen LogP contribution < -0.4 is 5.01 Å². The minimum atomic E-state index is -4.93. The second kappa shape index (κ2) is 6.88. The molecular weight excluding hydrogens is 411 g/mol. The van der Waals surface area contributed by atoms with Gasteiger partial charge in [0.25, 0.3) is 5.72 Å². The highest BCUT2D eigenvalue weighted by Crippen LogP contribution is 2.45. The van der Waals surface area contributed by atoms with Gasteiger partial charge < -0.3 is 5.11 Å². The number of hydrazone groups is 1. The molecule has 0 spiro atoms. The van der Waals surface area contributed by atoms with Gasteiger partial charge in [-0.25, -0.2) is 4.98 Å². The quantitative estimate of drug-likeness (QED) is 0.619. The lowest BCUT2D eigenvalue weighted by Gasteiger charge is -2.32. The topological polar surface area (TPSA) is 48.7 Å². The van der Waals surface area contributed by atoms with Crippen molar-refractivity contribution < 1.29 is 18.3 Å². The van der Waals surface area contributed by atoms with Crippen molar-refractivity contribution in [3.8, 4) is 11.3 Å². The van der Waals surface area contributed by atoms with Gasteiger partial charge in [-0.15, -0.1) is 11.3 Å². The van der Waals surface area contributed by atoms with E-state index in [0.29, 0.717) is 21.3 Å². The van der Waals surface area contributed by atoms with Crippen molar-refractivity contribution in [3.05, 3.63) is 70.6 Å². The fourth-order valence-corrected chi connectivity index (χ4v) is 3.85. The summed E-state index contributed by atoms with van der Waals surface area (Å²) in [5, 5.41) is 17.2. The van der Waals surface area contributed by atoms with Crippen LogP contribution in [0.3, 0.4) is 0 Å². The molecule has 144 valence electrons. The van der Waals surface area contributed by atoms with Crippen LogP contribution in [0.4, 0.5) is 18.3 Å². The standard InChI is InChI=1S/C19H13ClF3N3OS/c20-14-8-6-13(7-9-14)15-10-18(27,19(21,22)23)26(25-15)17-24-16(11-28-17)12-4-2-1-3-5-12/h1-9,11,27H,10H2. The maximum absolute atomic E-state index is 13.8. The Morgan fingerprint density at radius 1 is 1.04 bits per heavy atom. The fraction of sp³-hybridized carbons (Fsp3) is 0.158. The monoisotopic (exact) mass is 423 g/mol. The van der Waals surface area contributed by atoms with Crippen molar-refractivity contribution in [2.45, 2.75) is 18.3 Å². The van der Waals surface area contributed by atoms with Crippen LogP contribution >= 0.6 is 22.9 Å². The molecule has 0 aliphatic carbocycles. The Balaban J connectivity index is 1.75. The summed E-state index contributed by atoms with van der Waals surface area (Å²) in [6.07, 6.45) is -5.64. The third kappa shape index (κ3) is 3.28. The van der Waals surface area contributed by atoms with Crippen LogP contribution in [0.15, 0.2) is 65.1 Å². The van der Waals surface area contributed by atoms with Gasteiger partial charge in [0.05, 0.1) is 17.8 Å². The molecule has 0 saturated heterocycles. The highest BCUT2D eigenvalue weighted by molar-refractivity contribution is 7.14. The van der Waals surface area contributed by atoms with Gasteiger partial charge in [-0.2, -0.15) is 23.3 Å². The smallest absolute Gasteiger partial charge is 0.362 e. The maximum atomic E-state index is 13.8. The predicted molar refractivity (Wildman–Crippen MR) is 104 cm³/mol. The average molecular weight is 424 g/mol. The lowest BCUT2D eigenvalue weighted by molar-refractivity contribution is -0.254. The van der Waals surface area contributed by atoms with Gasteiger partial charge in [0.1, 0.15) is 0 Å². The van der Waals surface area contributed by atoms with Crippen LogP contribution in [0, 0.1) is 0 Å². The van der Waals surface area contributed by atoms with E-state index in [2.05, 4.69) is 10.1 Å². The van der Waals surface area contributed by atoms with Gasteiger partial charge in [0.15, 0.2) is 0 Å². The Kier molecular flexibility index (Phi) is 4.65. The number of hydrogen-bond donors (Lipinski definition) is 1. The van der Waals surface area contributed by atoms with E-state index in [-0.39, 0.29) is 10.8 Å². The molecule has 4 rings (SSSR count). The second-order valence-corrected chi connectivity index (χ2v) is 7.51. The SMILES string of the molecule is OC1(C(F)(F)F)CC(c2ccc(Cl)cc2)=NN1c1nc(-c2ccccc2)cs1. The predicted octanol–water partition coefficient (Wildman–Crippen LogP) is 5.33. The highest BCUT2D eigenvalue weighted by Gasteiger charge is 2.62. The first-order valence-corrected chi connectivity index (χ1v) is 9.47. The van der Waals surface area contributed by atoms with E-state index >= 15 is 0 Å². The van der Waals surface area contributed by atoms with Crippen molar-refractivity contribution in [1.82, 2.24) is 4.98 Å². The molecule has 2 heterocycles. The lowest BCUT2D eigenvalue weighted by Crippen LogP contribution is -2.55. The number of aliphatic hydroxyl groups is 1. The van der Waals surface area contributed by atoms with Gasteiger partial charge in [-0.3, -0.25) is 0 Å². The number of rotatable bonds is 3. The summed E-state index contributed by atoms with van der Waals surface area (Å²) >= 11 is 6.83. The number of alkyl halides is 3. The number of hydrogen-bond acceptors (Lipinski definition) is 5. The Bertz CT molecular complexity index is 1020. The molecular formula is C19H13ClF3N3OS. The molecule has 3 aromatic rings. The van der Waals surface area contributed by atoms with Gasteiger partial charge >= 0.3 is 6.18 Å². The summed E-state index contributed by atoms with van der Waals surface area (Å²) in [5.74, 6) is 0. The molecule has 28 heavy (non-hydrogen) atoms. The third-order valence-electron chi connectivity index (χ3n) is 4.36. The van der Waals surface area contributed by atoms with Gasteiger partial charge in [0.2, 0.25) is 5.13 Å². The normalized spacial score (nSPS) is 19.8. The summed E-state index contributed by atoms with van der Waals surface area (Å²) in [6.45, 7) is 0. The van der Waals surface area contributed by atoms with Crippen LogP contribution in [-0.2, 0) is 0 Å². The third-order valence-corrected chi connectivity index (χ3v) is 5.43. The number of benzene rings is 2. The Hall–Kier alpha value is -2.42. The summed E-state index contributed by atoms with van der Waals surface area (Å²) in [6, 6.07) is 15.3. The molecule has 1 aliphatic heterocycles. The highest BCUT2D eigenvalue weighted by atomic mass is 35.5. The molecule has 1 atom stereocenters. The number of anilines is 1. The van der Waals surface area contributed by atoms with E-state index in [9.17, 15) is 18.3 Å². The minimum Gasteiger partial charge on any atom is -0.362 e. The average Bonchev–Trinajstić information content (AvgIpc) is 3.28. The summed E-state index contributed by atoms with van der Waals surface area (Å²) in [7, 11) is 0. The molecule has 1 N–H and O–H groups in total. The number of halogens is 4. The van der Waals surface area contributed by atoms with Gasteiger partial charge in [-0.05, 0) is 17.7 Å². The zero-order valence-electron chi connectivity index (χ0n) is 14.2. The number of thiazole rings is 1. The number of nitrogens with zero attached hydrogens (tertiary/aromatic N) is 3. The first-order valence-electron chi connectivity index (χ1n) is 8.22. The van der Waals surface area contributed by atoms with Crippen molar-refractivity contribution in [2.75, 3.05) is 5.01 Å². The molecule has 0 amide bonds. The zero-order chi connectivity index (χ0) is 19.9. The van der Waals surface area contributed by atoms with Crippen molar-refractivity contribution in [2.24, 2.45) is 5.10 Å². The summed E-state index contributed by atoms with van der Waals surface area (Å²) in [5.41, 5.74) is -1.34. The van der Waals surface area contributed by atoms with Crippen LogP contribution in [0.2, 0.25) is 5.02 Å². The van der Waals surface area contributed by atoms with E-state index in [1.807, 2.05) is 18.2 Å². The second-order valence-electron chi connectivity index (χ2n) is 6.24. The van der Waals surface area contributed by atoms with Gasteiger partial charge in [-0.1, -0.05) is 54.1 Å². The summed E-state index contributed by atoms with van der Waals surface area (Å²) < 4.78 is 41.3. The Morgan fingerprint density at radius 3 is 2.36 bits per heavy atom. The summed E-state index contributed by atoms with van der Waals surface area (Å²) in [4.78, 5) is 4.27. The Labute approximate surface area is 167 Å². The molecule has 0 radical (unpaired) electrons. The zero-order valence-corrected chi connectivity index (χ0v) is 15.8. The van der Waals surface area contributed by atoms with Crippen LogP contribution in [0.5, 0.6) is 0 Å². The van der Waals surface area contributed by atoms with E-state index < -0.39 is 18.3 Å². The maximum Gasteiger partial charge on any atom is 0.438 e. The molecule has 0 bridgehead atoms. The molecule has 2 aromatic carbocycles. The van der Waals surface area contributed by atoms with Crippen molar-refractivity contribution >= 4 is 33.8 Å². The van der Waals surface area contributed by atoms with Crippen molar-refractivity contribution in [1.29, 1.82) is 0 Å². The number of aromatic nitrogens is 1. The Morgan fingerprint density at radius 2 is 1.71 bits per heavy atom. The molecule has 1 aliphatic rings. The minimum absolute atomic E-state index is 0.0392. The molecule has 0 saturated carbocycles. The van der Waals surface area contributed by atoms with Gasteiger partial charge in [0, 0.05) is 16.0 Å². The molecule has 1 aromatic heterocycles. The molecule has 1 unspecified atom stereocenters. The first kappa shape index (κ1) is 18.9. The fourth-order valence-electron chi connectivity index (χ4n) is 2.87. The van der Waals surface area contributed by atoms with E-state index in [1.54, 1.807) is 41.8 Å². The van der Waals surface area contributed by atoms with E-state index in [0.717, 1.165) is 16.9 Å². The van der Waals surface area contributed by atoms with E-state index in [4.69, 9.17) is 11.6 Å².